The van der Waals surface area contributed by atoms with Gasteiger partial charge in [0.15, 0.2) is 0 Å². The maximum atomic E-state index is 2.53. The molecule has 0 aromatic heterocycles. The minimum absolute atomic E-state index is 0.0820. The molecule has 0 atom stereocenters. The fraction of sp³-hybridized carbons (Fsp3) is 0.400. The van der Waals surface area contributed by atoms with Gasteiger partial charge in [0.1, 0.15) is 0 Å². The van der Waals surface area contributed by atoms with Gasteiger partial charge in [-0.05, 0) is 35.7 Å². The van der Waals surface area contributed by atoms with E-state index in [-0.39, 0.29) is 5.41 Å². The van der Waals surface area contributed by atoms with Crippen molar-refractivity contribution in [2.45, 2.75) is 46.0 Å². The lowest BCUT2D eigenvalue weighted by Gasteiger charge is -2.27. The standard InChI is InChI=1S/C20H25N/c1-5-7-14-21-17-13-12-15-10-8-9-11-16(15)19(17)20(3,4)18(21)6-2/h6,8-13H,5,7,14H2,1-4H3. The Morgan fingerprint density at radius 3 is 2.57 bits per heavy atom. The Labute approximate surface area is 128 Å². The van der Waals surface area contributed by atoms with Crippen LogP contribution in [0.3, 0.4) is 0 Å². The van der Waals surface area contributed by atoms with Gasteiger partial charge in [-0.3, -0.25) is 0 Å². The molecule has 0 amide bonds. The lowest BCUT2D eigenvalue weighted by atomic mass is 9.81. The Morgan fingerprint density at radius 1 is 1.10 bits per heavy atom. The van der Waals surface area contributed by atoms with Crippen molar-refractivity contribution in [3.63, 3.8) is 0 Å². The average Bonchev–Trinajstić information content (AvgIpc) is 2.72. The van der Waals surface area contributed by atoms with Crippen LogP contribution >= 0.6 is 0 Å². The first kappa shape index (κ1) is 14.2. The topological polar surface area (TPSA) is 3.24 Å². The van der Waals surface area contributed by atoms with E-state index in [4.69, 9.17) is 0 Å². The number of hydrogen-bond acceptors (Lipinski definition) is 1. The highest BCUT2D eigenvalue weighted by Gasteiger charge is 2.40. The largest absolute Gasteiger partial charge is 0.344 e. The summed E-state index contributed by atoms with van der Waals surface area (Å²) in [6, 6.07) is 13.3. The normalized spacial score (nSPS) is 18.5. The van der Waals surface area contributed by atoms with Crippen molar-refractivity contribution in [1.29, 1.82) is 0 Å². The van der Waals surface area contributed by atoms with Crippen LogP contribution in [0.5, 0.6) is 0 Å². The number of fused-ring (bicyclic) bond motifs is 3. The summed E-state index contributed by atoms with van der Waals surface area (Å²) in [5.74, 6) is 0. The molecule has 0 unspecified atom stereocenters. The third-order valence-corrected chi connectivity index (χ3v) is 4.76. The Kier molecular flexibility index (Phi) is 3.52. The van der Waals surface area contributed by atoms with Gasteiger partial charge in [0, 0.05) is 23.3 Å². The highest BCUT2D eigenvalue weighted by Crippen LogP contribution is 2.50. The summed E-state index contributed by atoms with van der Waals surface area (Å²) in [6.07, 6.45) is 4.76. The third-order valence-electron chi connectivity index (χ3n) is 4.76. The molecule has 0 saturated heterocycles. The van der Waals surface area contributed by atoms with Gasteiger partial charge in [-0.1, -0.05) is 63.6 Å². The summed E-state index contributed by atoms with van der Waals surface area (Å²) in [5.41, 5.74) is 4.42. The number of allylic oxidation sites excluding steroid dienone is 2. The van der Waals surface area contributed by atoms with Crippen LogP contribution in [0.15, 0.2) is 48.2 Å². The minimum Gasteiger partial charge on any atom is -0.344 e. The van der Waals surface area contributed by atoms with E-state index in [1.807, 2.05) is 0 Å². The Morgan fingerprint density at radius 2 is 1.86 bits per heavy atom. The van der Waals surface area contributed by atoms with Crippen LogP contribution in [0.2, 0.25) is 0 Å². The van der Waals surface area contributed by atoms with Gasteiger partial charge in [-0.25, -0.2) is 0 Å². The summed E-state index contributed by atoms with van der Waals surface area (Å²) in [7, 11) is 0. The van der Waals surface area contributed by atoms with Gasteiger partial charge >= 0.3 is 0 Å². The van der Waals surface area contributed by atoms with Gasteiger partial charge in [0.2, 0.25) is 0 Å². The van der Waals surface area contributed by atoms with E-state index in [0.29, 0.717) is 0 Å². The van der Waals surface area contributed by atoms with Gasteiger partial charge in [-0.15, -0.1) is 0 Å². The number of anilines is 1. The lowest BCUT2D eigenvalue weighted by Crippen LogP contribution is -2.26. The van der Waals surface area contributed by atoms with E-state index in [0.717, 1.165) is 6.54 Å². The Hall–Kier alpha value is -1.76. The summed E-state index contributed by atoms with van der Waals surface area (Å²) >= 11 is 0. The minimum atomic E-state index is 0.0820. The monoisotopic (exact) mass is 279 g/mol. The molecule has 0 bridgehead atoms. The van der Waals surface area contributed by atoms with Crippen molar-refractivity contribution in [2.75, 3.05) is 11.4 Å². The quantitative estimate of drug-likeness (QED) is 0.702. The van der Waals surface area contributed by atoms with Crippen molar-refractivity contribution in [3.05, 3.63) is 53.7 Å². The van der Waals surface area contributed by atoms with Crippen molar-refractivity contribution < 1.29 is 0 Å². The van der Waals surface area contributed by atoms with Gasteiger partial charge in [0.25, 0.3) is 0 Å². The first-order valence-electron chi connectivity index (χ1n) is 8.07. The molecule has 3 rings (SSSR count). The van der Waals surface area contributed by atoms with E-state index in [9.17, 15) is 0 Å². The average molecular weight is 279 g/mol. The molecular weight excluding hydrogens is 254 g/mol. The summed E-state index contributed by atoms with van der Waals surface area (Å²) in [5, 5.41) is 2.75. The molecule has 0 fully saturated rings. The molecule has 1 aliphatic heterocycles. The number of unbranched alkanes of at least 4 members (excludes halogenated alkanes) is 1. The van der Waals surface area contributed by atoms with Crippen LogP contribution in [-0.4, -0.2) is 6.54 Å². The van der Waals surface area contributed by atoms with E-state index in [2.05, 4.69) is 75.1 Å². The first-order chi connectivity index (χ1) is 10.1. The van der Waals surface area contributed by atoms with Crippen molar-refractivity contribution in [3.8, 4) is 0 Å². The maximum Gasteiger partial charge on any atom is 0.0456 e. The molecule has 0 N–H and O–H groups in total. The molecular formula is C20H25N. The molecule has 110 valence electrons. The van der Waals surface area contributed by atoms with Crippen LogP contribution in [-0.2, 0) is 5.41 Å². The van der Waals surface area contributed by atoms with E-state index >= 15 is 0 Å². The number of hydrogen-bond donors (Lipinski definition) is 0. The van der Waals surface area contributed by atoms with Crippen LogP contribution in [0.4, 0.5) is 5.69 Å². The molecule has 0 saturated carbocycles. The second-order valence-electron chi connectivity index (χ2n) is 6.48. The molecule has 1 heteroatoms. The van der Waals surface area contributed by atoms with E-state index in [1.54, 1.807) is 0 Å². The van der Waals surface area contributed by atoms with Crippen LogP contribution in [0.1, 0.15) is 46.1 Å². The third kappa shape index (κ3) is 2.07. The first-order valence-corrected chi connectivity index (χ1v) is 8.07. The molecule has 2 aromatic rings. The lowest BCUT2D eigenvalue weighted by molar-refractivity contribution is 0.626. The molecule has 2 aromatic carbocycles. The smallest absolute Gasteiger partial charge is 0.0456 e. The highest BCUT2D eigenvalue weighted by atomic mass is 15.2. The van der Waals surface area contributed by atoms with Crippen LogP contribution in [0, 0.1) is 0 Å². The predicted molar refractivity (Wildman–Crippen MR) is 93.0 cm³/mol. The van der Waals surface area contributed by atoms with E-state index < -0.39 is 0 Å². The van der Waals surface area contributed by atoms with Gasteiger partial charge < -0.3 is 4.90 Å². The van der Waals surface area contributed by atoms with Crippen LogP contribution < -0.4 is 4.90 Å². The van der Waals surface area contributed by atoms with Crippen molar-refractivity contribution in [2.24, 2.45) is 0 Å². The van der Waals surface area contributed by atoms with Crippen molar-refractivity contribution in [1.82, 2.24) is 0 Å². The Bertz CT molecular complexity index is 694. The Balaban J connectivity index is 2.25. The van der Waals surface area contributed by atoms with Gasteiger partial charge in [-0.2, -0.15) is 0 Å². The SMILES string of the molecule is CC=C1N(CCCC)c2ccc3ccccc3c2C1(C)C. The van der Waals surface area contributed by atoms with E-state index in [1.165, 1.54) is 40.6 Å². The number of benzene rings is 2. The van der Waals surface area contributed by atoms with Crippen molar-refractivity contribution >= 4 is 16.5 Å². The molecule has 1 heterocycles. The molecule has 1 aliphatic rings. The fourth-order valence-electron chi connectivity index (χ4n) is 3.81. The second-order valence-corrected chi connectivity index (χ2v) is 6.48. The summed E-state index contributed by atoms with van der Waals surface area (Å²) < 4.78 is 0. The molecule has 1 nitrogen and oxygen atoms in total. The number of rotatable bonds is 3. The predicted octanol–water partition coefficient (Wildman–Crippen LogP) is 5.64. The second kappa shape index (κ2) is 5.22. The zero-order valence-corrected chi connectivity index (χ0v) is 13.6. The molecule has 21 heavy (non-hydrogen) atoms. The highest BCUT2D eigenvalue weighted by molar-refractivity contribution is 5.94. The summed E-state index contributed by atoms with van der Waals surface area (Å²) in [4.78, 5) is 2.53. The molecule has 0 aliphatic carbocycles. The number of nitrogens with zero attached hydrogens (tertiary/aromatic N) is 1. The molecule has 0 radical (unpaired) electrons. The zero-order chi connectivity index (χ0) is 15.0. The maximum absolute atomic E-state index is 2.53. The summed E-state index contributed by atoms with van der Waals surface area (Å²) in [6.45, 7) is 10.3. The van der Waals surface area contributed by atoms with Crippen LogP contribution in [0.25, 0.3) is 10.8 Å². The zero-order valence-electron chi connectivity index (χ0n) is 13.6. The van der Waals surface area contributed by atoms with Gasteiger partial charge in [0.05, 0.1) is 0 Å². The molecule has 0 spiro atoms. The fourth-order valence-corrected chi connectivity index (χ4v) is 3.81.